The molecule has 0 unspecified atom stereocenters. The van der Waals surface area contributed by atoms with Gasteiger partial charge in [-0.25, -0.2) is 0 Å². The molecule has 2 amide bonds. The molecule has 3 aromatic rings. The first-order valence-electron chi connectivity index (χ1n) is 8.73. The molecule has 1 aromatic carbocycles. The van der Waals surface area contributed by atoms with Crippen LogP contribution in [0.4, 0.5) is 0 Å². The summed E-state index contributed by atoms with van der Waals surface area (Å²) in [6, 6.07) is 14.2. The molecule has 0 bridgehead atoms. The van der Waals surface area contributed by atoms with Crippen molar-refractivity contribution in [1.29, 1.82) is 0 Å². The predicted octanol–water partition coefficient (Wildman–Crippen LogP) is 3.20. The van der Waals surface area contributed by atoms with E-state index in [1.807, 2.05) is 54.1 Å². The number of carbonyl (C=O) groups excluding carboxylic acids is 2. The van der Waals surface area contributed by atoms with Crippen molar-refractivity contribution in [3.63, 3.8) is 0 Å². The second-order valence-corrected chi connectivity index (χ2v) is 7.44. The van der Waals surface area contributed by atoms with Crippen molar-refractivity contribution in [2.45, 2.75) is 32.9 Å². The first-order valence-corrected chi connectivity index (χ1v) is 9.61. The third-order valence-corrected chi connectivity index (χ3v) is 4.93. The van der Waals surface area contributed by atoms with Crippen LogP contribution in [0.15, 0.2) is 47.8 Å². The number of rotatable bonds is 7. The number of nitrogens with zero attached hydrogens (tertiary/aromatic N) is 1. The zero-order valence-electron chi connectivity index (χ0n) is 15.0. The summed E-state index contributed by atoms with van der Waals surface area (Å²) in [5.74, 6) is -0.405. The van der Waals surface area contributed by atoms with E-state index < -0.39 is 0 Å². The quantitative estimate of drug-likeness (QED) is 0.672. The molecule has 0 atom stereocenters. The largest absolute Gasteiger partial charge is 0.352 e. The van der Waals surface area contributed by atoms with Crippen LogP contribution in [0.2, 0.25) is 0 Å². The highest BCUT2D eigenvalue weighted by atomic mass is 32.1. The molecule has 6 heteroatoms. The number of fused-ring (bicyclic) bond motifs is 1. The van der Waals surface area contributed by atoms with E-state index in [1.54, 1.807) is 11.3 Å². The van der Waals surface area contributed by atoms with E-state index in [-0.39, 0.29) is 24.4 Å². The van der Waals surface area contributed by atoms with Crippen molar-refractivity contribution in [3.8, 4) is 0 Å². The molecule has 26 heavy (non-hydrogen) atoms. The van der Waals surface area contributed by atoms with Crippen molar-refractivity contribution in [1.82, 2.24) is 15.2 Å². The summed E-state index contributed by atoms with van der Waals surface area (Å²) in [5, 5.41) is 7.53. The predicted molar refractivity (Wildman–Crippen MR) is 106 cm³/mol. The van der Waals surface area contributed by atoms with Crippen molar-refractivity contribution in [2.24, 2.45) is 0 Å². The summed E-state index contributed by atoms with van der Waals surface area (Å²) in [6.07, 6.45) is 0.842. The summed E-state index contributed by atoms with van der Waals surface area (Å²) >= 11 is 1.61. The lowest BCUT2D eigenvalue weighted by atomic mass is 10.1. The molecule has 0 aliphatic carbocycles. The van der Waals surface area contributed by atoms with Crippen molar-refractivity contribution in [2.75, 3.05) is 6.54 Å². The van der Waals surface area contributed by atoms with E-state index in [9.17, 15) is 9.59 Å². The number of hydrogen-bond donors (Lipinski definition) is 2. The smallest absolute Gasteiger partial charge is 0.268 e. The average molecular weight is 369 g/mol. The van der Waals surface area contributed by atoms with Crippen LogP contribution >= 0.6 is 11.3 Å². The molecule has 2 aromatic heterocycles. The number of amides is 2. The Labute approximate surface area is 157 Å². The van der Waals surface area contributed by atoms with Gasteiger partial charge in [0.2, 0.25) is 5.91 Å². The van der Waals surface area contributed by atoms with E-state index in [1.165, 1.54) is 5.56 Å². The molecule has 0 radical (unpaired) electrons. The van der Waals surface area contributed by atoms with Crippen LogP contribution in [-0.2, 0) is 17.8 Å². The van der Waals surface area contributed by atoms with Crippen LogP contribution in [0.3, 0.4) is 0 Å². The topological polar surface area (TPSA) is 63.1 Å². The zero-order chi connectivity index (χ0) is 18.5. The summed E-state index contributed by atoms with van der Waals surface area (Å²) in [6.45, 7) is 4.48. The van der Waals surface area contributed by atoms with Crippen LogP contribution in [0.25, 0.3) is 10.2 Å². The lowest BCUT2D eigenvalue weighted by molar-refractivity contribution is -0.120. The number of aromatic nitrogens is 1. The highest BCUT2D eigenvalue weighted by Crippen LogP contribution is 2.25. The van der Waals surface area contributed by atoms with Gasteiger partial charge < -0.3 is 15.2 Å². The Morgan fingerprint density at radius 3 is 2.65 bits per heavy atom. The van der Waals surface area contributed by atoms with Crippen LogP contribution < -0.4 is 10.6 Å². The Hall–Kier alpha value is -2.60. The molecule has 2 N–H and O–H groups in total. The molecule has 2 heterocycles. The van der Waals surface area contributed by atoms with E-state index in [2.05, 4.69) is 22.8 Å². The average Bonchev–Trinajstić information content (AvgIpc) is 3.19. The Balaban J connectivity index is 1.74. The van der Waals surface area contributed by atoms with E-state index >= 15 is 0 Å². The third kappa shape index (κ3) is 4.32. The maximum Gasteiger partial charge on any atom is 0.268 e. The second kappa shape index (κ2) is 8.19. The van der Waals surface area contributed by atoms with Gasteiger partial charge in [-0.1, -0.05) is 30.3 Å². The summed E-state index contributed by atoms with van der Waals surface area (Å²) in [4.78, 5) is 24.4. The standard InChI is InChI=1S/C20H23N3O2S/c1-14(2)22-19(24)13-21-20(25)17-12-18-16(9-11-26-18)23(17)10-8-15-6-4-3-5-7-15/h3-7,9,11-12,14H,8,10,13H2,1-2H3,(H,21,25)(H,22,24). The first-order chi connectivity index (χ1) is 12.5. The summed E-state index contributed by atoms with van der Waals surface area (Å²) < 4.78 is 3.11. The first kappa shape index (κ1) is 18.2. The molecule has 0 spiro atoms. The number of carbonyl (C=O) groups is 2. The van der Waals surface area contributed by atoms with Crippen LogP contribution in [0, 0.1) is 0 Å². The number of hydrogen-bond acceptors (Lipinski definition) is 3. The molecule has 0 aliphatic heterocycles. The normalized spacial score (nSPS) is 11.0. The summed E-state index contributed by atoms with van der Waals surface area (Å²) in [5.41, 5.74) is 2.88. The van der Waals surface area contributed by atoms with Gasteiger partial charge >= 0.3 is 0 Å². The highest BCUT2D eigenvalue weighted by molar-refractivity contribution is 7.17. The number of nitrogens with one attached hydrogen (secondary N) is 2. The lowest BCUT2D eigenvalue weighted by Gasteiger charge is -2.12. The SMILES string of the molecule is CC(C)NC(=O)CNC(=O)c1cc2sccc2n1CCc1ccccc1. The molecular weight excluding hydrogens is 346 g/mol. The number of aryl methyl sites for hydroxylation is 2. The fraction of sp³-hybridized carbons (Fsp3) is 0.300. The Morgan fingerprint density at radius 1 is 1.15 bits per heavy atom. The minimum absolute atomic E-state index is 0.0193. The van der Waals surface area contributed by atoms with Gasteiger partial charge in [0.1, 0.15) is 5.69 Å². The fourth-order valence-corrected chi connectivity index (χ4v) is 3.74. The second-order valence-electron chi connectivity index (χ2n) is 6.49. The molecule has 136 valence electrons. The van der Waals surface area contributed by atoms with E-state index in [0.29, 0.717) is 12.2 Å². The van der Waals surface area contributed by atoms with Gasteiger partial charge in [0.15, 0.2) is 0 Å². The number of benzene rings is 1. The third-order valence-electron chi connectivity index (χ3n) is 4.08. The van der Waals surface area contributed by atoms with Gasteiger partial charge in [-0.15, -0.1) is 11.3 Å². The van der Waals surface area contributed by atoms with Crippen molar-refractivity contribution < 1.29 is 9.59 Å². The number of thiophene rings is 1. The molecular formula is C20H23N3O2S. The van der Waals surface area contributed by atoms with Gasteiger partial charge in [0.05, 0.1) is 16.8 Å². The fourth-order valence-electron chi connectivity index (χ4n) is 2.92. The van der Waals surface area contributed by atoms with Gasteiger partial charge in [-0.05, 0) is 43.3 Å². The van der Waals surface area contributed by atoms with E-state index in [0.717, 1.165) is 16.6 Å². The minimum atomic E-state index is -0.222. The maximum atomic E-state index is 12.6. The molecule has 0 saturated heterocycles. The van der Waals surface area contributed by atoms with E-state index in [4.69, 9.17) is 0 Å². The monoisotopic (exact) mass is 369 g/mol. The molecule has 5 nitrogen and oxygen atoms in total. The lowest BCUT2D eigenvalue weighted by Crippen LogP contribution is -2.40. The van der Waals surface area contributed by atoms with Crippen LogP contribution in [-0.4, -0.2) is 29.0 Å². The van der Waals surface area contributed by atoms with Crippen molar-refractivity contribution >= 4 is 33.4 Å². The van der Waals surface area contributed by atoms with Crippen LogP contribution in [0.1, 0.15) is 29.9 Å². The summed E-state index contributed by atoms with van der Waals surface area (Å²) in [7, 11) is 0. The Bertz CT molecular complexity index is 896. The molecule has 0 saturated carbocycles. The highest BCUT2D eigenvalue weighted by Gasteiger charge is 2.17. The minimum Gasteiger partial charge on any atom is -0.352 e. The molecule has 0 fully saturated rings. The van der Waals surface area contributed by atoms with Gasteiger partial charge in [-0.3, -0.25) is 9.59 Å². The molecule has 3 rings (SSSR count). The van der Waals surface area contributed by atoms with Gasteiger partial charge in [-0.2, -0.15) is 0 Å². The van der Waals surface area contributed by atoms with Crippen LogP contribution in [0.5, 0.6) is 0 Å². The maximum absolute atomic E-state index is 12.6. The zero-order valence-corrected chi connectivity index (χ0v) is 15.8. The Morgan fingerprint density at radius 2 is 1.92 bits per heavy atom. The molecule has 0 aliphatic rings. The van der Waals surface area contributed by atoms with Crippen molar-refractivity contribution in [3.05, 3.63) is 59.1 Å². The Kier molecular flexibility index (Phi) is 5.73. The van der Waals surface area contributed by atoms with Gasteiger partial charge in [0, 0.05) is 12.6 Å². The van der Waals surface area contributed by atoms with Gasteiger partial charge in [0.25, 0.3) is 5.91 Å².